The summed E-state index contributed by atoms with van der Waals surface area (Å²) in [6.45, 7) is 3.59. The molecule has 0 amide bonds. The average molecular weight is 314 g/mol. The SMILES string of the molecule is CCCNCc1ccc(S(=O)(=O)NCCc2ncon2)o1. The Labute approximate surface area is 123 Å². The van der Waals surface area contributed by atoms with E-state index in [1.807, 2.05) is 0 Å². The molecule has 0 bridgehead atoms. The number of hydrogen-bond acceptors (Lipinski definition) is 7. The van der Waals surface area contributed by atoms with Crippen LogP contribution in [0.1, 0.15) is 24.9 Å². The highest BCUT2D eigenvalue weighted by molar-refractivity contribution is 7.89. The van der Waals surface area contributed by atoms with Crippen molar-refractivity contribution in [3.63, 3.8) is 0 Å². The lowest BCUT2D eigenvalue weighted by molar-refractivity contribution is 0.399. The third-order valence-electron chi connectivity index (χ3n) is 2.68. The Morgan fingerprint density at radius 3 is 2.86 bits per heavy atom. The van der Waals surface area contributed by atoms with E-state index < -0.39 is 10.0 Å². The number of rotatable bonds is 9. The fourth-order valence-electron chi connectivity index (χ4n) is 1.66. The van der Waals surface area contributed by atoms with Crippen molar-refractivity contribution in [2.75, 3.05) is 13.1 Å². The fraction of sp³-hybridized carbons (Fsp3) is 0.500. The van der Waals surface area contributed by atoms with Crippen molar-refractivity contribution in [3.05, 3.63) is 30.1 Å². The van der Waals surface area contributed by atoms with Crippen LogP contribution in [-0.4, -0.2) is 31.6 Å². The molecule has 0 aliphatic heterocycles. The standard InChI is InChI=1S/C12H18N4O4S/c1-2-6-13-8-10-3-4-12(20-10)21(17,18)15-7-5-11-14-9-19-16-11/h3-4,9,13,15H,2,5-8H2,1H3. The smallest absolute Gasteiger partial charge is 0.273 e. The van der Waals surface area contributed by atoms with E-state index >= 15 is 0 Å². The number of hydrogen-bond donors (Lipinski definition) is 2. The molecule has 21 heavy (non-hydrogen) atoms. The second kappa shape index (κ2) is 7.34. The van der Waals surface area contributed by atoms with E-state index in [2.05, 4.69) is 31.6 Å². The van der Waals surface area contributed by atoms with Gasteiger partial charge in [-0.15, -0.1) is 0 Å². The first-order chi connectivity index (χ1) is 10.1. The Morgan fingerprint density at radius 1 is 1.29 bits per heavy atom. The summed E-state index contributed by atoms with van der Waals surface area (Å²) in [7, 11) is -3.65. The molecule has 0 saturated heterocycles. The van der Waals surface area contributed by atoms with Crippen LogP contribution >= 0.6 is 0 Å². The molecular weight excluding hydrogens is 296 g/mol. The van der Waals surface area contributed by atoms with Gasteiger partial charge in [-0.25, -0.2) is 13.1 Å². The summed E-state index contributed by atoms with van der Waals surface area (Å²) in [4.78, 5) is 3.81. The molecule has 2 N–H and O–H groups in total. The minimum atomic E-state index is -3.65. The van der Waals surface area contributed by atoms with Crippen molar-refractivity contribution in [3.8, 4) is 0 Å². The van der Waals surface area contributed by atoms with Crippen molar-refractivity contribution in [2.24, 2.45) is 0 Å². The van der Waals surface area contributed by atoms with Crippen LogP contribution in [0.2, 0.25) is 0 Å². The molecule has 0 fully saturated rings. The summed E-state index contributed by atoms with van der Waals surface area (Å²) < 4.78 is 36.3. The third kappa shape index (κ3) is 4.66. The molecule has 0 aromatic carbocycles. The van der Waals surface area contributed by atoms with Gasteiger partial charge in [0, 0.05) is 13.0 Å². The minimum Gasteiger partial charge on any atom is -0.447 e. The summed E-state index contributed by atoms with van der Waals surface area (Å²) in [5.41, 5.74) is 0. The molecule has 0 saturated carbocycles. The maximum Gasteiger partial charge on any atom is 0.273 e. The Hall–Kier alpha value is -1.71. The van der Waals surface area contributed by atoms with Gasteiger partial charge < -0.3 is 14.3 Å². The molecule has 2 heterocycles. The lowest BCUT2D eigenvalue weighted by Gasteiger charge is -2.02. The monoisotopic (exact) mass is 314 g/mol. The van der Waals surface area contributed by atoms with Crippen LogP contribution in [0.4, 0.5) is 0 Å². The first-order valence-corrected chi connectivity index (χ1v) is 8.14. The molecule has 2 aromatic heterocycles. The zero-order chi connectivity index (χ0) is 15.1. The van der Waals surface area contributed by atoms with E-state index in [0.29, 0.717) is 24.6 Å². The highest BCUT2D eigenvalue weighted by Gasteiger charge is 2.18. The molecule has 0 unspecified atom stereocenters. The zero-order valence-corrected chi connectivity index (χ0v) is 12.5. The lowest BCUT2D eigenvalue weighted by Crippen LogP contribution is -2.25. The average Bonchev–Trinajstić information content (AvgIpc) is 3.10. The molecule has 0 spiro atoms. The number of nitrogens with one attached hydrogen (secondary N) is 2. The van der Waals surface area contributed by atoms with Gasteiger partial charge in [-0.1, -0.05) is 12.1 Å². The quantitative estimate of drug-likeness (QED) is 0.655. The maximum atomic E-state index is 12.0. The van der Waals surface area contributed by atoms with Gasteiger partial charge in [0.25, 0.3) is 10.0 Å². The summed E-state index contributed by atoms with van der Waals surface area (Å²) in [5.74, 6) is 1.03. The lowest BCUT2D eigenvalue weighted by atomic mass is 10.4. The number of nitrogens with zero attached hydrogens (tertiary/aromatic N) is 2. The third-order valence-corrected chi connectivity index (χ3v) is 4.01. The van der Waals surface area contributed by atoms with E-state index in [4.69, 9.17) is 4.42 Å². The zero-order valence-electron chi connectivity index (χ0n) is 11.7. The fourth-order valence-corrected chi connectivity index (χ4v) is 2.63. The number of sulfonamides is 1. The second-order valence-corrected chi connectivity index (χ2v) is 6.09. The molecule has 9 heteroatoms. The Kier molecular flexibility index (Phi) is 5.48. The van der Waals surface area contributed by atoms with Gasteiger partial charge in [0.15, 0.2) is 5.82 Å². The van der Waals surface area contributed by atoms with E-state index in [1.54, 1.807) is 6.07 Å². The minimum absolute atomic E-state index is 0.0936. The highest BCUT2D eigenvalue weighted by Crippen LogP contribution is 2.13. The summed E-state index contributed by atoms with van der Waals surface area (Å²) in [6.07, 6.45) is 2.55. The highest BCUT2D eigenvalue weighted by atomic mass is 32.2. The largest absolute Gasteiger partial charge is 0.447 e. The van der Waals surface area contributed by atoms with Gasteiger partial charge in [0.1, 0.15) is 5.76 Å². The molecule has 116 valence electrons. The molecule has 0 aliphatic carbocycles. The van der Waals surface area contributed by atoms with Gasteiger partial charge in [0.2, 0.25) is 11.5 Å². The summed E-state index contributed by atoms with van der Waals surface area (Å²) in [5, 5.41) is 6.65. The molecular formula is C12H18N4O4S. The summed E-state index contributed by atoms with van der Waals surface area (Å²) in [6, 6.07) is 3.09. The molecule has 0 radical (unpaired) electrons. The molecule has 0 aliphatic rings. The van der Waals surface area contributed by atoms with Gasteiger partial charge in [-0.3, -0.25) is 0 Å². The van der Waals surface area contributed by atoms with Crippen molar-refractivity contribution in [2.45, 2.75) is 31.4 Å². The molecule has 0 atom stereocenters. The van der Waals surface area contributed by atoms with Gasteiger partial charge >= 0.3 is 0 Å². The Morgan fingerprint density at radius 2 is 2.14 bits per heavy atom. The second-order valence-electron chi connectivity index (χ2n) is 4.39. The topological polar surface area (TPSA) is 110 Å². The van der Waals surface area contributed by atoms with Crippen molar-refractivity contribution < 1.29 is 17.4 Å². The summed E-state index contributed by atoms with van der Waals surface area (Å²) >= 11 is 0. The van der Waals surface area contributed by atoms with Crippen LogP contribution in [-0.2, 0) is 23.0 Å². The van der Waals surface area contributed by atoms with E-state index in [-0.39, 0.29) is 11.6 Å². The van der Waals surface area contributed by atoms with Crippen LogP contribution in [0, 0.1) is 0 Å². The Balaban J connectivity index is 1.86. The van der Waals surface area contributed by atoms with Gasteiger partial charge in [-0.2, -0.15) is 4.98 Å². The van der Waals surface area contributed by atoms with Crippen molar-refractivity contribution in [1.29, 1.82) is 0 Å². The molecule has 2 aromatic rings. The number of furan rings is 1. The predicted octanol–water partition coefficient (Wildman–Crippen LogP) is 0.683. The first-order valence-electron chi connectivity index (χ1n) is 6.66. The number of aromatic nitrogens is 2. The Bertz CT molecular complexity index is 636. The van der Waals surface area contributed by atoms with Gasteiger partial charge in [-0.05, 0) is 25.1 Å². The van der Waals surface area contributed by atoms with E-state index in [1.165, 1.54) is 12.5 Å². The molecule has 8 nitrogen and oxygen atoms in total. The van der Waals surface area contributed by atoms with Gasteiger partial charge in [0.05, 0.1) is 6.54 Å². The van der Waals surface area contributed by atoms with Crippen LogP contribution in [0.3, 0.4) is 0 Å². The van der Waals surface area contributed by atoms with Crippen LogP contribution in [0.15, 0.2) is 32.6 Å². The van der Waals surface area contributed by atoms with Crippen LogP contribution < -0.4 is 10.0 Å². The van der Waals surface area contributed by atoms with E-state index in [9.17, 15) is 8.42 Å². The van der Waals surface area contributed by atoms with Crippen LogP contribution in [0.5, 0.6) is 0 Å². The van der Waals surface area contributed by atoms with Crippen molar-refractivity contribution in [1.82, 2.24) is 20.2 Å². The normalized spacial score (nSPS) is 11.9. The maximum absolute atomic E-state index is 12.0. The molecule has 2 rings (SSSR count). The van der Waals surface area contributed by atoms with Crippen LogP contribution in [0.25, 0.3) is 0 Å². The predicted molar refractivity (Wildman–Crippen MR) is 73.9 cm³/mol. The van der Waals surface area contributed by atoms with Crippen molar-refractivity contribution >= 4 is 10.0 Å². The van der Waals surface area contributed by atoms with E-state index in [0.717, 1.165) is 13.0 Å². The first kappa shape index (κ1) is 15.7.